The maximum atomic E-state index is 12.0. The standard InChI is InChI=1S/C11H15N3OS/c1-4-11(2,7-12)10(15)14(3)5-9-6-16-8-13-9/h6,8H,4-5H2,1-3H3. The van der Waals surface area contributed by atoms with Crippen LogP contribution in [0.3, 0.4) is 0 Å². The summed E-state index contributed by atoms with van der Waals surface area (Å²) in [6.07, 6.45) is 0.518. The van der Waals surface area contributed by atoms with E-state index in [0.717, 1.165) is 5.69 Å². The molecule has 0 aliphatic rings. The molecule has 4 nitrogen and oxygen atoms in total. The molecule has 1 rings (SSSR count). The monoisotopic (exact) mass is 237 g/mol. The molecule has 0 spiro atoms. The van der Waals surface area contributed by atoms with Gasteiger partial charge in [-0.15, -0.1) is 11.3 Å². The minimum absolute atomic E-state index is 0.148. The highest BCUT2D eigenvalue weighted by molar-refractivity contribution is 7.07. The topological polar surface area (TPSA) is 57.0 Å². The van der Waals surface area contributed by atoms with Crippen molar-refractivity contribution in [2.24, 2.45) is 5.41 Å². The first kappa shape index (κ1) is 12.7. The number of carbonyl (C=O) groups is 1. The van der Waals surface area contributed by atoms with Gasteiger partial charge < -0.3 is 4.90 Å². The van der Waals surface area contributed by atoms with Crippen LogP contribution in [0.15, 0.2) is 10.9 Å². The van der Waals surface area contributed by atoms with E-state index < -0.39 is 5.41 Å². The third-order valence-corrected chi connectivity index (χ3v) is 3.29. The molecule has 1 atom stereocenters. The summed E-state index contributed by atoms with van der Waals surface area (Å²) in [5.74, 6) is -0.148. The summed E-state index contributed by atoms with van der Waals surface area (Å²) in [4.78, 5) is 17.7. The molecule has 1 aromatic rings. The zero-order chi connectivity index (χ0) is 12.2. The van der Waals surface area contributed by atoms with Crippen molar-refractivity contribution < 1.29 is 4.79 Å². The lowest BCUT2D eigenvalue weighted by atomic mass is 9.88. The molecule has 1 unspecified atom stereocenters. The van der Waals surface area contributed by atoms with Crippen LogP contribution in [0.5, 0.6) is 0 Å². The fourth-order valence-corrected chi connectivity index (χ4v) is 1.88. The highest BCUT2D eigenvalue weighted by atomic mass is 32.1. The fraction of sp³-hybridized carbons (Fsp3) is 0.545. The van der Waals surface area contributed by atoms with Gasteiger partial charge in [-0.3, -0.25) is 4.79 Å². The van der Waals surface area contributed by atoms with E-state index in [1.54, 1.807) is 24.4 Å². The Morgan fingerprint density at radius 3 is 2.88 bits per heavy atom. The molecule has 0 radical (unpaired) electrons. The first-order chi connectivity index (χ1) is 7.53. The number of nitriles is 1. The van der Waals surface area contributed by atoms with Crippen molar-refractivity contribution in [3.05, 3.63) is 16.6 Å². The first-order valence-electron chi connectivity index (χ1n) is 5.07. The summed E-state index contributed by atoms with van der Waals surface area (Å²) < 4.78 is 0. The Morgan fingerprint density at radius 2 is 2.44 bits per heavy atom. The molecule has 16 heavy (non-hydrogen) atoms. The van der Waals surface area contributed by atoms with Crippen LogP contribution >= 0.6 is 11.3 Å². The average molecular weight is 237 g/mol. The van der Waals surface area contributed by atoms with Gasteiger partial charge >= 0.3 is 0 Å². The highest BCUT2D eigenvalue weighted by Gasteiger charge is 2.33. The number of rotatable bonds is 4. The van der Waals surface area contributed by atoms with Crippen molar-refractivity contribution in [3.63, 3.8) is 0 Å². The van der Waals surface area contributed by atoms with Gasteiger partial charge in [0.25, 0.3) is 0 Å². The quantitative estimate of drug-likeness (QED) is 0.805. The molecule has 0 fully saturated rings. The maximum absolute atomic E-state index is 12.0. The second-order valence-corrected chi connectivity index (χ2v) is 4.66. The van der Waals surface area contributed by atoms with Crippen molar-refractivity contribution in [2.75, 3.05) is 7.05 Å². The van der Waals surface area contributed by atoms with Gasteiger partial charge in [0.2, 0.25) is 5.91 Å². The number of carbonyl (C=O) groups excluding carboxylic acids is 1. The number of hydrogen-bond donors (Lipinski definition) is 0. The summed E-state index contributed by atoms with van der Waals surface area (Å²) in [6.45, 7) is 3.98. The van der Waals surface area contributed by atoms with E-state index in [1.807, 2.05) is 12.3 Å². The molecule has 5 heteroatoms. The molecule has 1 amide bonds. The zero-order valence-corrected chi connectivity index (χ0v) is 10.5. The van der Waals surface area contributed by atoms with Crippen LogP contribution in [0, 0.1) is 16.7 Å². The van der Waals surface area contributed by atoms with Crippen molar-refractivity contribution in [3.8, 4) is 6.07 Å². The molecule has 0 N–H and O–H groups in total. The van der Waals surface area contributed by atoms with Gasteiger partial charge in [-0.25, -0.2) is 4.98 Å². The van der Waals surface area contributed by atoms with Crippen molar-refractivity contribution in [2.45, 2.75) is 26.8 Å². The Kier molecular flexibility index (Phi) is 4.02. The van der Waals surface area contributed by atoms with Gasteiger partial charge in [0, 0.05) is 12.4 Å². The number of aromatic nitrogens is 1. The summed E-state index contributed by atoms with van der Waals surface area (Å²) >= 11 is 1.50. The second-order valence-electron chi connectivity index (χ2n) is 3.94. The number of thiazole rings is 1. The molecular formula is C11H15N3OS. The van der Waals surface area contributed by atoms with Crippen LogP contribution in [-0.4, -0.2) is 22.8 Å². The number of amides is 1. The Balaban J connectivity index is 2.71. The van der Waals surface area contributed by atoms with E-state index in [9.17, 15) is 4.79 Å². The van der Waals surface area contributed by atoms with Gasteiger partial charge in [-0.05, 0) is 13.3 Å². The van der Waals surface area contributed by atoms with Crippen LogP contribution in [0.25, 0.3) is 0 Å². The van der Waals surface area contributed by atoms with E-state index in [4.69, 9.17) is 5.26 Å². The van der Waals surface area contributed by atoms with E-state index in [1.165, 1.54) is 11.3 Å². The molecule has 1 heterocycles. The van der Waals surface area contributed by atoms with E-state index in [0.29, 0.717) is 13.0 Å². The Hall–Kier alpha value is -1.41. The zero-order valence-electron chi connectivity index (χ0n) is 9.73. The highest BCUT2D eigenvalue weighted by Crippen LogP contribution is 2.23. The molecular weight excluding hydrogens is 222 g/mol. The lowest BCUT2D eigenvalue weighted by Crippen LogP contribution is -2.38. The summed E-state index contributed by atoms with van der Waals surface area (Å²) in [5.41, 5.74) is 1.67. The van der Waals surface area contributed by atoms with Crippen LogP contribution < -0.4 is 0 Å². The van der Waals surface area contributed by atoms with Gasteiger partial charge in [0.15, 0.2) is 0 Å². The van der Waals surface area contributed by atoms with Crippen LogP contribution in [0.2, 0.25) is 0 Å². The predicted molar refractivity (Wildman–Crippen MR) is 62.6 cm³/mol. The molecule has 0 aliphatic heterocycles. The van der Waals surface area contributed by atoms with Gasteiger partial charge in [-0.1, -0.05) is 6.92 Å². The summed E-state index contributed by atoms with van der Waals surface area (Å²) in [6, 6.07) is 2.08. The van der Waals surface area contributed by atoms with Crippen LogP contribution in [-0.2, 0) is 11.3 Å². The van der Waals surface area contributed by atoms with E-state index in [-0.39, 0.29) is 5.91 Å². The molecule has 0 aromatic carbocycles. The minimum Gasteiger partial charge on any atom is -0.338 e. The average Bonchev–Trinajstić information content (AvgIpc) is 2.79. The lowest BCUT2D eigenvalue weighted by molar-refractivity contribution is -0.137. The summed E-state index contributed by atoms with van der Waals surface area (Å²) in [5, 5.41) is 10.9. The number of hydrogen-bond acceptors (Lipinski definition) is 4. The lowest BCUT2D eigenvalue weighted by Gasteiger charge is -2.25. The van der Waals surface area contributed by atoms with Gasteiger partial charge in [0.05, 0.1) is 23.8 Å². The Bertz CT molecular complexity index is 396. The minimum atomic E-state index is -0.926. The molecule has 0 aliphatic carbocycles. The maximum Gasteiger partial charge on any atom is 0.242 e. The van der Waals surface area contributed by atoms with Crippen LogP contribution in [0.1, 0.15) is 26.0 Å². The third-order valence-electron chi connectivity index (χ3n) is 2.66. The molecule has 1 aromatic heterocycles. The largest absolute Gasteiger partial charge is 0.338 e. The van der Waals surface area contributed by atoms with E-state index >= 15 is 0 Å². The third kappa shape index (κ3) is 2.58. The Morgan fingerprint density at radius 1 is 1.75 bits per heavy atom. The van der Waals surface area contributed by atoms with Gasteiger partial charge in [-0.2, -0.15) is 5.26 Å². The summed E-state index contributed by atoms with van der Waals surface area (Å²) in [7, 11) is 1.70. The van der Waals surface area contributed by atoms with Crippen LogP contribution in [0.4, 0.5) is 0 Å². The smallest absolute Gasteiger partial charge is 0.242 e. The molecule has 0 saturated heterocycles. The van der Waals surface area contributed by atoms with Gasteiger partial charge in [0.1, 0.15) is 5.41 Å². The van der Waals surface area contributed by atoms with E-state index in [2.05, 4.69) is 11.1 Å². The number of nitrogens with zero attached hydrogens (tertiary/aromatic N) is 3. The molecule has 86 valence electrons. The second kappa shape index (κ2) is 5.08. The SMILES string of the molecule is CCC(C)(C#N)C(=O)N(C)Cc1cscn1. The normalized spacial score (nSPS) is 13.9. The predicted octanol–water partition coefficient (Wildman–Crippen LogP) is 2.04. The van der Waals surface area contributed by atoms with Crippen molar-refractivity contribution in [1.82, 2.24) is 9.88 Å². The first-order valence-corrected chi connectivity index (χ1v) is 6.01. The van der Waals surface area contributed by atoms with Crippen molar-refractivity contribution >= 4 is 17.2 Å². The molecule has 0 saturated carbocycles. The Labute approximate surface area is 99.5 Å². The fourth-order valence-electron chi connectivity index (χ4n) is 1.33. The van der Waals surface area contributed by atoms with Crippen molar-refractivity contribution in [1.29, 1.82) is 5.26 Å². The molecule has 0 bridgehead atoms.